The van der Waals surface area contributed by atoms with E-state index in [1.165, 1.54) is 38.5 Å². The molecule has 0 saturated heterocycles. The average Bonchev–Trinajstić information content (AvgIpc) is 3.61. The van der Waals surface area contributed by atoms with Crippen molar-refractivity contribution in [3.63, 3.8) is 0 Å². The molecule has 0 saturated carbocycles. The van der Waals surface area contributed by atoms with E-state index in [0.717, 1.165) is 58.9 Å². The molecule has 188 valence electrons. The van der Waals surface area contributed by atoms with E-state index in [4.69, 9.17) is 0 Å². The van der Waals surface area contributed by atoms with Gasteiger partial charge in [0, 0.05) is 19.6 Å². The van der Waals surface area contributed by atoms with Crippen molar-refractivity contribution in [3.05, 3.63) is 56.2 Å². The van der Waals surface area contributed by atoms with Crippen molar-refractivity contribution in [3.8, 4) is 0 Å². The average molecular weight is 470 g/mol. The summed E-state index contributed by atoms with van der Waals surface area (Å²) in [6, 6.07) is 0. The first-order valence-corrected chi connectivity index (χ1v) is 13.5. The minimum absolute atomic E-state index is 0.976. The maximum Gasteiger partial charge on any atom is 0.243 e. The fraction of sp³-hybridized carbons (Fsp3) is 0.667. The van der Waals surface area contributed by atoms with E-state index in [-0.39, 0.29) is 0 Å². The lowest BCUT2D eigenvalue weighted by Gasteiger charge is -2.20. The Bertz CT molecular complexity index is 803. The zero-order valence-corrected chi connectivity index (χ0v) is 21.9. The highest BCUT2D eigenvalue weighted by Crippen LogP contribution is 1.98. The summed E-state index contributed by atoms with van der Waals surface area (Å²) < 4.78 is 13.7. The first-order chi connectivity index (χ1) is 16.7. The Balaban J connectivity index is 1.54. The molecule has 0 bridgehead atoms. The van der Waals surface area contributed by atoms with Gasteiger partial charge in [-0.2, -0.15) is 0 Å². The third-order valence-corrected chi connectivity index (χ3v) is 6.47. The lowest BCUT2D eigenvalue weighted by atomic mass is 10.3. The van der Waals surface area contributed by atoms with Crippen LogP contribution in [-0.4, -0.2) is 38.2 Å². The molecule has 3 aromatic rings. The summed E-state index contributed by atoms with van der Waals surface area (Å²) in [6.07, 6.45) is 28.5. The molecule has 0 amide bonds. The van der Waals surface area contributed by atoms with Crippen LogP contribution in [0.15, 0.2) is 49.8 Å². The van der Waals surface area contributed by atoms with E-state index in [9.17, 15) is 0 Å². The maximum absolute atomic E-state index is 3.49. The van der Waals surface area contributed by atoms with Gasteiger partial charge in [-0.25, -0.2) is 18.3 Å². The number of imidazole rings is 3. The Morgan fingerprint density at radius 2 is 1.24 bits per heavy atom. The van der Waals surface area contributed by atoms with E-state index in [1.54, 1.807) is 0 Å². The lowest BCUT2D eigenvalue weighted by molar-refractivity contribution is -0.700. The minimum Gasteiger partial charge on any atom is -0.351 e. The van der Waals surface area contributed by atoms with E-state index < -0.39 is 0 Å². The molecule has 7 heteroatoms. The Kier molecular flexibility index (Phi) is 11.4. The highest BCUT2D eigenvalue weighted by atomic mass is 15.2. The third kappa shape index (κ3) is 9.09. The SMILES string of the molecule is CCCCn1[c-][n+](CCN(CCn2cc[n+](CCCC)c2)CCn2cc[n+](CCCC)c2)cc1. The van der Waals surface area contributed by atoms with Crippen LogP contribution in [0.25, 0.3) is 0 Å². The number of aryl methyl sites for hydroxylation is 3. The number of rotatable bonds is 18. The highest BCUT2D eigenvalue weighted by molar-refractivity contribution is 4.71. The normalized spacial score (nSPS) is 11.6. The molecule has 7 nitrogen and oxygen atoms in total. The molecule has 0 aliphatic heterocycles. The number of nitrogens with zero attached hydrogens (tertiary/aromatic N) is 7. The van der Waals surface area contributed by atoms with E-state index in [1.807, 2.05) is 0 Å². The lowest BCUT2D eigenvalue weighted by Crippen LogP contribution is -2.41. The monoisotopic (exact) mass is 469 g/mol. The number of hydrogen-bond acceptors (Lipinski definition) is 1. The fourth-order valence-electron chi connectivity index (χ4n) is 4.16. The van der Waals surface area contributed by atoms with Crippen LogP contribution in [0.4, 0.5) is 0 Å². The van der Waals surface area contributed by atoms with Gasteiger partial charge in [0.05, 0.1) is 26.2 Å². The van der Waals surface area contributed by atoms with Gasteiger partial charge in [-0.3, -0.25) is 4.90 Å². The Morgan fingerprint density at radius 3 is 1.79 bits per heavy atom. The van der Waals surface area contributed by atoms with Gasteiger partial charge >= 0.3 is 0 Å². The smallest absolute Gasteiger partial charge is 0.243 e. The van der Waals surface area contributed by atoms with Crippen LogP contribution in [0.5, 0.6) is 0 Å². The molecule has 0 radical (unpaired) electrons. The predicted molar refractivity (Wildman–Crippen MR) is 134 cm³/mol. The molecular formula is C27H47N7+2. The summed E-state index contributed by atoms with van der Waals surface area (Å²) >= 11 is 0. The van der Waals surface area contributed by atoms with Gasteiger partial charge in [-0.15, -0.1) is 0 Å². The first-order valence-electron chi connectivity index (χ1n) is 13.5. The van der Waals surface area contributed by atoms with Crippen molar-refractivity contribution in [2.75, 3.05) is 19.6 Å². The van der Waals surface area contributed by atoms with Crippen molar-refractivity contribution >= 4 is 0 Å². The molecule has 0 aliphatic carbocycles. The van der Waals surface area contributed by atoms with E-state index in [2.05, 4.69) is 109 Å². The number of unbranched alkanes of at least 4 members (excludes halogenated alkanes) is 3. The largest absolute Gasteiger partial charge is 0.351 e. The van der Waals surface area contributed by atoms with Crippen LogP contribution in [-0.2, 0) is 39.3 Å². The summed E-state index contributed by atoms with van der Waals surface area (Å²) in [5, 5.41) is 0. The summed E-state index contributed by atoms with van der Waals surface area (Å²) in [4.78, 5) is 2.59. The second-order valence-electron chi connectivity index (χ2n) is 9.47. The third-order valence-electron chi connectivity index (χ3n) is 6.47. The molecule has 3 rings (SSSR count). The van der Waals surface area contributed by atoms with Gasteiger partial charge in [-0.1, -0.05) is 40.0 Å². The van der Waals surface area contributed by atoms with Gasteiger partial charge in [0.2, 0.25) is 19.0 Å². The first kappa shape index (κ1) is 26.2. The van der Waals surface area contributed by atoms with Gasteiger partial charge in [0.1, 0.15) is 37.9 Å². The van der Waals surface area contributed by atoms with Crippen molar-refractivity contribution in [1.29, 1.82) is 0 Å². The molecule has 3 heterocycles. The summed E-state index contributed by atoms with van der Waals surface area (Å²) in [5.41, 5.74) is 0. The summed E-state index contributed by atoms with van der Waals surface area (Å²) in [5.74, 6) is 0. The second-order valence-corrected chi connectivity index (χ2v) is 9.47. The maximum atomic E-state index is 3.49. The predicted octanol–water partition coefficient (Wildman–Crippen LogP) is 2.86. The van der Waals surface area contributed by atoms with Crippen molar-refractivity contribution in [2.45, 2.75) is 98.6 Å². The Morgan fingerprint density at radius 1 is 0.647 bits per heavy atom. The topological polar surface area (TPSA) is 29.7 Å². The van der Waals surface area contributed by atoms with Crippen LogP contribution in [0, 0.1) is 6.33 Å². The number of hydrogen-bond donors (Lipinski definition) is 0. The molecule has 0 aliphatic rings. The molecule has 0 aromatic carbocycles. The van der Waals surface area contributed by atoms with Crippen LogP contribution in [0.3, 0.4) is 0 Å². The highest BCUT2D eigenvalue weighted by Gasteiger charge is 2.12. The molecular weight excluding hydrogens is 422 g/mol. The molecule has 0 atom stereocenters. The molecule has 0 fully saturated rings. The van der Waals surface area contributed by atoms with Crippen LogP contribution in [0.1, 0.15) is 59.3 Å². The Labute approximate surface area is 206 Å². The van der Waals surface area contributed by atoms with Crippen LogP contribution >= 0.6 is 0 Å². The van der Waals surface area contributed by atoms with Gasteiger partial charge in [-0.05, 0) is 31.7 Å². The zero-order valence-electron chi connectivity index (χ0n) is 21.9. The van der Waals surface area contributed by atoms with Gasteiger partial charge in [0.15, 0.2) is 0 Å². The summed E-state index contributed by atoms with van der Waals surface area (Å²) in [7, 11) is 0. The van der Waals surface area contributed by atoms with E-state index >= 15 is 0 Å². The van der Waals surface area contributed by atoms with Crippen molar-refractivity contribution < 1.29 is 13.7 Å². The van der Waals surface area contributed by atoms with Crippen molar-refractivity contribution in [1.82, 2.24) is 18.6 Å². The van der Waals surface area contributed by atoms with Gasteiger partial charge < -0.3 is 9.13 Å². The molecule has 0 unspecified atom stereocenters. The molecule has 0 spiro atoms. The second kappa shape index (κ2) is 14.8. The van der Waals surface area contributed by atoms with E-state index in [0.29, 0.717) is 0 Å². The molecule has 0 N–H and O–H groups in total. The van der Waals surface area contributed by atoms with Crippen molar-refractivity contribution in [2.24, 2.45) is 0 Å². The Hall–Kier alpha value is -2.41. The molecule has 3 aromatic heterocycles. The quantitative estimate of drug-likeness (QED) is 0.208. The number of aromatic nitrogens is 6. The van der Waals surface area contributed by atoms with Crippen LogP contribution < -0.4 is 13.7 Å². The molecule has 34 heavy (non-hydrogen) atoms. The fourth-order valence-corrected chi connectivity index (χ4v) is 4.16. The standard InChI is InChI=1S/C27H47N7/c1-4-7-10-29-19-22-32(25-29)16-13-28(14-17-33-23-20-30(26-33)11-8-5-2)15-18-34-24-21-31(27-34)12-9-6-3/h19-26H,4-18H2,1-3H3/q+2. The van der Waals surface area contributed by atoms with Crippen LogP contribution in [0.2, 0.25) is 0 Å². The van der Waals surface area contributed by atoms with Gasteiger partial charge in [0.25, 0.3) is 0 Å². The summed E-state index contributed by atoms with van der Waals surface area (Å²) in [6.45, 7) is 16.2. The zero-order chi connectivity index (χ0) is 24.0. The minimum atomic E-state index is 0.976.